The second-order valence-electron chi connectivity index (χ2n) is 6.61. The van der Waals surface area contributed by atoms with Crippen LogP contribution in [0.2, 0.25) is 0 Å². The van der Waals surface area contributed by atoms with Gasteiger partial charge in [-0.25, -0.2) is 8.42 Å². The lowest BCUT2D eigenvalue weighted by atomic mass is 10.2. The number of hydrogen-bond donors (Lipinski definition) is 1. The number of anilines is 2. The minimum Gasteiger partial charge on any atom is -0.457 e. The molecule has 8 nitrogen and oxygen atoms in total. The summed E-state index contributed by atoms with van der Waals surface area (Å²) >= 11 is 2.66. The summed E-state index contributed by atoms with van der Waals surface area (Å²) in [6.45, 7) is 5.16. The third-order valence-electron chi connectivity index (χ3n) is 4.12. The SMILES string of the molecule is C=CCSc1nnc(NC(=O)C(C)N(c2ccc(Oc3ccccc3)cc2)S(C)(=O)=O)s1. The maximum atomic E-state index is 12.8. The molecule has 0 radical (unpaired) electrons. The Morgan fingerprint density at radius 1 is 1.19 bits per heavy atom. The van der Waals surface area contributed by atoms with Gasteiger partial charge in [0.25, 0.3) is 0 Å². The number of rotatable bonds is 10. The van der Waals surface area contributed by atoms with Crippen LogP contribution >= 0.6 is 23.1 Å². The standard InChI is InChI=1S/C21H22N4O4S3/c1-4-14-30-21-24-23-20(31-21)22-19(26)15(2)25(32(3,27)28)16-10-12-18(13-11-16)29-17-8-6-5-7-9-17/h4-13,15H,1,14H2,2-3H3,(H,22,23,26). The van der Waals surface area contributed by atoms with Gasteiger partial charge in [-0.1, -0.05) is 47.4 Å². The zero-order valence-corrected chi connectivity index (χ0v) is 19.9. The highest BCUT2D eigenvalue weighted by Gasteiger charge is 2.29. The lowest BCUT2D eigenvalue weighted by Gasteiger charge is -2.28. The van der Waals surface area contributed by atoms with Crippen molar-refractivity contribution in [2.24, 2.45) is 0 Å². The van der Waals surface area contributed by atoms with E-state index in [2.05, 4.69) is 22.1 Å². The Kier molecular flexibility index (Phi) is 7.89. The number of para-hydroxylation sites is 1. The fourth-order valence-electron chi connectivity index (χ4n) is 2.75. The number of aromatic nitrogens is 2. The first-order valence-corrected chi connectivity index (χ1v) is 13.1. The maximum Gasteiger partial charge on any atom is 0.249 e. The number of sulfonamides is 1. The van der Waals surface area contributed by atoms with Crippen LogP contribution in [0.3, 0.4) is 0 Å². The predicted octanol–water partition coefficient (Wildman–Crippen LogP) is 4.40. The molecule has 168 valence electrons. The molecule has 1 atom stereocenters. The van der Waals surface area contributed by atoms with Gasteiger partial charge in [0, 0.05) is 5.75 Å². The molecular weight excluding hydrogens is 468 g/mol. The first-order chi connectivity index (χ1) is 15.3. The number of carbonyl (C=O) groups is 1. The molecule has 1 amide bonds. The molecular formula is C21H22N4O4S3. The number of thioether (sulfide) groups is 1. The highest BCUT2D eigenvalue weighted by Crippen LogP contribution is 2.28. The van der Waals surface area contributed by atoms with Crippen LogP contribution in [0.4, 0.5) is 10.8 Å². The summed E-state index contributed by atoms with van der Waals surface area (Å²) in [6, 6.07) is 14.7. The Hall–Kier alpha value is -2.89. The number of nitrogens with one attached hydrogen (secondary N) is 1. The molecule has 2 aromatic carbocycles. The third-order valence-corrected chi connectivity index (χ3v) is 7.33. The van der Waals surface area contributed by atoms with E-state index in [1.165, 1.54) is 30.0 Å². The summed E-state index contributed by atoms with van der Waals surface area (Å²) in [5.41, 5.74) is 0.343. The van der Waals surface area contributed by atoms with Crippen molar-refractivity contribution < 1.29 is 17.9 Å². The molecule has 0 bridgehead atoms. The van der Waals surface area contributed by atoms with E-state index in [0.29, 0.717) is 32.4 Å². The van der Waals surface area contributed by atoms with Crippen LogP contribution in [-0.4, -0.2) is 42.6 Å². The first-order valence-electron chi connectivity index (χ1n) is 9.48. The van der Waals surface area contributed by atoms with Crippen molar-refractivity contribution in [2.75, 3.05) is 21.6 Å². The van der Waals surface area contributed by atoms with E-state index in [9.17, 15) is 13.2 Å². The van der Waals surface area contributed by atoms with Crippen LogP contribution in [0.5, 0.6) is 11.5 Å². The average Bonchev–Trinajstić information content (AvgIpc) is 3.20. The van der Waals surface area contributed by atoms with Gasteiger partial charge in [0.05, 0.1) is 11.9 Å². The molecule has 32 heavy (non-hydrogen) atoms. The van der Waals surface area contributed by atoms with Crippen LogP contribution in [0.15, 0.2) is 71.6 Å². The van der Waals surface area contributed by atoms with Gasteiger partial charge in [0.2, 0.25) is 21.1 Å². The smallest absolute Gasteiger partial charge is 0.249 e. The van der Waals surface area contributed by atoms with Crippen LogP contribution in [0.25, 0.3) is 0 Å². The monoisotopic (exact) mass is 490 g/mol. The molecule has 0 aliphatic carbocycles. The quantitative estimate of drug-likeness (QED) is 0.255. The highest BCUT2D eigenvalue weighted by atomic mass is 32.2. The van der Waals surface area contributed by atoms with Gasteiger partial charge < -0.3 is 4.74 Å². The van der Waals surface area contributed by atoms with Crippen LogP contribution in [-0.2, 0) is 14.8 Å². The minimum absolute atomic E-state index is 0.300. The van der Waals surface area contributed by atoms with E-state index in [4.69, 9.17) is 4.74 Å². The van der Waals surface area contributed by atoms with Crippen LogP contribution in [0, 0.1) is 0 Å². The Morgan fingerprint density at radius 2 is 1.84 bits per heavy atom. The van der Waals surface area contributed by atoms with Gasteiger partial charge in [-0.05, 0) is 43.3 Å². The fraction of sp³-hybridized carbons (Fsp3) is 0.190. The fourth-order valence-corrected chi connectivity index (χ4v) is 5.44. The summed E-state index contributed by atoms with van der Waals surface area (Å²) < 4.78 is 32.5. The van der Waals surface area contributed by atoms with Crippen molar-refractivity contribution >= 4 is 49.8 Å². The van der Waals surface area contributed by atoms with Crippen molar-refractivity contribution in [2.45, 2.75) is 17.3 Å². The molecule has 3 rings (SSSR count). The first kappa shape index (κ1) is 23.8. The van der Waals surface area contributed by atoms with Gasteiger partial charge in [-0.3, -0.25) is 14.4 Å². The normalized spacial score (nSPS) is 12.1. The van der Waals surface area contributed by atoms with Crippen LogP contribution in [0.1, 0.15) is 6.92 Å². The van der Waals surface area contributed by atoms with Crippen molar-refractivity contribution in [1.82, 2.24) is 10.2 Å². The number of ether oxygens (including phenoxy) is 1. The summed E-state index contributed by atoms with van der Waals surface area (Å²) in [7, 11) is -3.75. The van der Waals surface area contributed by atoms with E-state index >= 15 is 0 Å². The Bertz CT molecular complexity index is 1170. The van der Waals surface area contributed by atoms with Gasteiger partial charge >= 0.3 is 0 Å². The number of benzene rings is 2. The largest absolute Gasteiger partial charge is 0.457 e. The van der Waals surface area contributed by atoms with Crippen molar-refractivity contribution in [3.63, 3.8) is 0 Å². The average molecular weight is 491 g/mol. The number of amides is 1. The Labute approximate surface area is 195 Å². The topological polar surface area (TPSA) is 101 Å². The van der Waals surface area contributed by atoms with Gasteiger partial charge in [-0.15, -0.1) is 16.8 Å². The van der Waals surface area contributed by atoms with Crippen molar-refractivity contribution in [1.29, 1.82) is 0 Å². The van der Waals surface area contributed by atoms with Crippen LogP contribution < -0.4 is 14.4 Å². The second kappa shape index (κ2) is 10.6. The molecule has 0 fully saturated rings. The molecule has 1 unspecified atom stereocenters. The number of hydrogen-bond acceptors (Lipinski definition) is 8. The molecule has 1 aromatic heterocycles. The Balaban J connectivity index is 1.74. The van der Waals surface area contributed by atoms with E-state index in [1.54, 1.807) is 30.3 Å². The number of carbonyl (C=O) groups excluding carboxylic acids is 1. The number of nitrogens with zero attached hydrogens (tertiary/aromatic N) is 3. The molecule has 0 spiro atoms. The summed E-state index contributed by atoms with van der Waals surface area (Å²) in [5, 5.41) is 10.9. The zero-order chi connectivity index (χ0) is 23.1. The lowest BCUT2D eigenvalue weighted by Crippen LogP contribution is -2.45. The highest BCUT2D eigenvalue weighted by molar-refractivity contribution is 8.01. The molecule has 0 saturated carbocycles. The molecule has 0 aliphatic heterocycles. The zero-order valence-electron chi connectivity index (χ0n) is 17.5. The predicted molar refractivity (Wildman–Crippen MR) is 129 cm³/mol. The van der Waals surface area contributed by atoms with Gasteiger partial charge in [-0.2, -0.15) is 0 Å². The van der Waals surface area contributed by atoms with Crippen molar-refractivity contribution in [3.8, 4) is 11.5 Å². The van der Waals surface area contributed by atoms with Gasteiger partial charge in [0.15, 0.2) is 4.34 Å². The molecule has 1 heterocycles. The summed E-state index contributed by atoms with van der Waals surface area (Å²) in [4.78, 5) is 12.8. The summed E-state index contributed by atoms with van der Waals surface area (Å²) in [6.07, 6.45) is 2.80. The lowest BCUT2D eigenvalue weighted by molar-refractivity contribution is -0.116. The van der Waals surface area contributed by atoms with E-state index in [1.807, 2.05) is 30.3 Å². The molecule has 1 N–H and O–H groups in total. The van der Waals surface area contributed by atoms with Crippen molar-refractivity contribution in [3.05, 3.63) is 67.3 Å². The molecule has 0 saturated heterocycles. The Morgan fingerprint density at radius 3 is 2.47 bits per heavy atom. The minimum atomic E-state index is -3.75. The maximum absolute atomic E-state index is 12.8. The van der Waals surface area contributed by atoms with E-state index in [-0.39, 0.29) is 0 Å². The van der Waals surface area contributed by atoms with E-state index < -0.39 is 22.0 Å². The van der Waals surface area contributed by atoms with Gasteiger partial charge in [0.1, 0.15) is 17.5 Å². The molecule has 3 aromatic rings. The summed E-state index contributed by atoms with van der Waals surface area (Å²) in [5.74, 6) is 1.36. The molecule has 0 aliphatic rings. The second-order valence-corrected chi connectivity index (χ2v) is 10.7. The van der Waals surface area contributed by atoms with E-state index in [0.717, 1.165) is 10.6 Å². The third kappa shape index (κ3) is 6.31. The molecule has 11 heteroatoms.